The van der Waals surface area contributed by atoms with Crippen molar-refractivity contribution >= 4 is 13.8 Å². The highest BCUT2D eigenvalue weighted by Gasteiger charge is 2.22. The second-order valence-corrected chi connectivity index (χ2v) is 4.35. The van der Waals surface area contributed by atoms with E-state index in [4.69, 9.17) is 4.52 Å². The lowest BCUT2D eigenvalue weighted by Crippen LogP contribution is -2.18. The number of rotatable bonds is 5. The molecule has 0 aromatic carbocycles. The zero-order valence-corrected chi connectivity index (χ0v) is 9.15. The molecular weight excluding hydrogens is 211 g/mol. The largest absolute Gasteiger partial charge is 0.510 e. The smallest absolute Gasteiger partial charge is 0.438 e. The molecule has 0 saturated carbocycles. The molecule has 14 heavy (non-hydrogen) atoms. The SMILES string of the molecule is C=C[C@H](OC(=O)OC)O[P@@](C)(=O)OC. The van der Waals surface area contributed by atoms with Crippen LogP contribution < -0.4 is 0 Å². The van der Waals surface area contributed by atoms with Gasteiger partial charge >= 0.3 is 13.8 Å². The Morgan fingerprint density at radius 3 is 2.43 bits per heavy atom. The van der Waals surface area contributed by atoms with E-state index >= 15 is 0 Å². The molecule has 0 rings (SSSR count). The Morgan fingerprint density at radius 2 is 2.07 bits per heavy atom. The number of ether oxygens (including phenoxy) is 2. The summed E-state index contributed by atoms with van der Waals surface area (Å²) < 4.78 is 29.4. The van der Waals surface area contributed by atoms with Crippen LogP contribution in [0.5, 0.6) is 0 Å². The minimum atomic E-state index is -3.22. The van der Waals surface area contributed by atoms with Gasteiger partial charge in [-0.25, -0.2) is 4.79 Å². The first kappa shape index (κ1) is 13.2. The molecule has 82 valence electrons. The van der Waals surface area contributed by atoms with Gasteiger partial charge in [0.25, 0.3) is 0 Å². The highest BCUT2D eigenvalue weighted by Crippen LogP contribution is 2.44. The molecule has 6 nitrogen and oxygen atoms in total. The Kier molecular flexibility index (Phi) is 5.45. The maximum atomic E-state index is 11.3. The monoisotopic (exact) mass is 224 g/mol. The van der Waals surface area contributed by atoms with Crippen LogP contribution >= 0.6 is 7.60 Å². The van der Waals surface area contributed by atoms with Crippen LogP contribution in [-0.2, 0) is 23.1 Å². The van der Waals surface area contributed by atoms with Crippen molar-refractivity contribution in [2.45, 2.75) is 6.29 Å². The molecule has 0 heterocycles. The molecule has 0 spiro atoms. The zero-order valence-electron chi connectivity index (χ0n) is 8.26. The van der Waals surface area contributed by atoms with Gasteiger partial charge in [-0.05, 0) is 6.08 Å². The first-order chi connectivity index (χ1) is 6.45. The maximum Gasteiger partial charge on any atom is 0.510 e. The maximum absolute atomic E-state index is 11.3. The summed E-state index contributed by atoms with van der Waals surface area (Å²) in [6, 6.07) is 0. The summed E-state index contributed by atoms with van der Waals surface area (Å²) in [5.41, 5.74) is 0. The molecule has 2 atom stereocenters. The molecule has 0 N–H and O–H groups in total. The van der Waals surface area contributed by atoms with Crippen molar-refractivity contribution in [1.82, 2.24) is 0 Å². The van der Waals surface area contributed by atoms with Crippen molar-refractivity contribution in [3.63, 3.8) is 0 Å². The van der Waals surface area contributed by atoms with Crippen LogP contribution in [0.25, 0.3) is 0 Å². The first-order valence-electron chi connectivity index (χ1n) is 3.64. The fourth-order valence-corrected chi connectivity index (χ4v) is 1.08. The lowest BCUT2D eigenvalue weighted by Gasteiger charge is -2.17. The summed E-state index contributed by atoms with van der Waals surface area (Å²) in [6.45, 7) is 4.57. The molecule has 0 unspecified atom stereocenters. The Labute approximate surface area is 82.3 Å². The molecule has 0 aromatic heterocycles. The van der Waals surface area contributed by atoms with Gasteiger partial charge in [0, 0.05) is 13.8 Å². The molecular formula is C7H13O6P. The minimum absolute atomic E-state index is 0.953. The third-order valence-corrected chi connectivity index (χ3v) is 2.45. The normalized spacial score (nSPS) is 16.5. The second-order valence-electron chi connectivity index (χ2n) is 2.24. The van der Waals surface area contributed by atoms with Gasteiger partial charge in [0.15, 0.2) is 0 Å². The summed E-state index contributed by atoms with van der Waals surface area (Å²) >= 11 is 0. The van der Waals surface area contributed by atoms with Crippen molar-refractivity contribution in [3.05, 3.63) is 12.7 Å². The summed E-state index contributed by atoms with van der Waals surface area (Å²) in [5, 5.41) is 0. The molecule has 0 aliphatic rings. The third-order valence-electron chi connectivity index (χ3n) is 1.20. The van der Waals surface area contributed by atoms with Crippen molar-refractivity contribution in [3.8, 4) is 0 Å². The average molecular weight is 224 g/mol. The number of hydrogen-bond donors (Lipinski definition) is 0. The van der Waals surface area contributed by atoms with E-state index < -0.39 is 20.0 Å². The molecule has 0 aliphatic heterocycles. The molecule has 0 aliphatic carbocycles. The Bertz CT molecular complexity index is 251. The van der Waals surface area contributed by atoms with E-state index in [1.165, 1.54) is 13.8 Å². The molecule has 0 saturated heterocycles. The lowest BCUT2D eigenvalue weighted by atomic mass is 10.6. The third kappa shape index (κ3) is 5.01. The molecule has 0 amide bonds. The Hall–Kier alpha value is -0.840. The highest BCUT2D eigenvalue weighted by atomic mass is 31.2. The van der Waals surface area contributed by atoms with Crippen molar-refractivity contribution in [2.24, 2.45) is 0 Å². The van der Waals surface area contributed by atoms with E-state index in [2.05, 4.69) is 20.6 Å². The molecule has 0 radical (unpaired) electrons. The zero-order chi connectivity index (χ0) is 11.2. The summed E-state index contributed by atoms with van der Waals surface area (Å²) in [4.78, 5) is 10.7. The van der Waals surface area contributed by atoms with Crippen LogP contribution in [0.2, 0.25) is 0 Å². The number of methoxy groups -OCH3 is 1. The molecule has 0 aromatic rings. The highest BCUT2D eigenvalue weighted by molar-refractivity contribution is 7.52. The lowest BCUT2D eigenvalue weighted by molar-refractivity contribution is -0.0347. The van der Waals surface area contributed by atoms with Gasteiger partial charge in [-0.2, -0.15) is 0 Å². The number of carbonyl (C=O) groups is 1. The van der Waals surface area contributed by atoms with Gasteiger partial charge in [0.2, 0.25) is 6.29 Å². The fraction of sp³-hybridized carbons (Fsp3) is 0.571. The van der Waals surface area contributed by atoms with Crippen molar-refractivity contribution in [2.75, 3.05) is 20.9 Å². The summed E-state index contributed by atoms with van der Waals surface area (Å²) in [5.74, 6) is 0. The topological polar surface area (TPSA) is 71.1 Å². The van der Waals surface area contributed by atoms with Gasteiger partial charge in [0.1, 0.15) is 0 Å². The Balaban J connectivity index is 4.23. The number of carbonyl (C=O) groups excluding carboxylic acids is 1. The van der Waals surface area contributed by atoms with Gasteiger partial charge in [0.05, 0.1) is 7.11 Å². The quantitative estimate of drug-likeness (QED) is 0.306. The van der Waals surface area contributed by atoms with Crippen LogP contribution in [0, 0.1) is 0 Å². The van der Waals surface area contributed by atoms with E-state index in [0.29, 0.717) is 0 Å². The van der Waals surface area contributed by atoms with Crippen LogP contribution in [0.3, 0.4) is 0 Å². The van der Waals surface area contributed by atoms with Crippen LogP contribution in [0.15, 0.2) is 12.7 Å². The van der Waals surface area contributed by atoms with E-state index in [-0.39, 0.29) is 0 Å². The standard InChI is InChI=1S/C7H13O6P/c1-5-6(12-7(8)10-2)13-14(4,9)11-3/h5-6H,1H2,2-4H3/t6-,14+/m1/s1. The van der Waals surface area contributed by atoms with E-state index in [1.54, 1.807) is 0 Å². The van der Waals surface area contributed by atoms with Crippen molar-refractivity contribution in [1.29, 1.82) is 0 Å². The van der Waals surface area contributed by atoms with Crippen LogP contribution in [0.1, 0.15) is 0 Å². The predicted octanol–water partition coefficient (Wildman–Crippen LogP) is 1.77. The molecule has 7 heteroatoms. The van der Waals surface area contributed by atoms with Crippen LogP contribution in [0.4, 0.5) is 4.79 Å². The second kappa shape index (κ2) is 5.80. The Morgan fingerprint density at radius 1 is 1.50 bits per heavy atom. The van der Waals surface area contributed by atoms with Gasteiger partial charge in [-0.3, -0.25) is 9.09 Å². The van der Waals surface area contributed by atoms with E-state index in [9.17, 15) is 9.36 Å². The predicted molar refractivity (Wildman–Crippen MR) is 49.1 cm³/mol. The minimum Gasteiger partial charge on any atom is -0.438 e. The fourth-order valence-electron chi connectivity index (χ4n) is 0.487. The molecule has 0 bridgehead atoms. The van der Waals surface area contributed by atoms with Gasteiger partial charge in [-0.1, -0.05) is 6.58 Å². The number of hydrogen-bond acceptors (Lipinski definition) is 6. The van der Waals surface area contributed by atoms with Gasteiger partial charge < -0.3 is 14.0 Å². The summed E-state index contributed by atoms with van der Waals surface area (Å²) in [7, 11) is -0.852. The van der Waals surface area contributed by atoms with Crippen LogP contribution in [-0.4, -0.2) is 33.3 Å². The molecule has 0 fully saturated rings. The van der Waals surface area contributed by atoms with E-state index in [0.717, 1.165) is 13.2 Å². The average Bonchev–Trinajstić information content (AvgIpc) is 2.16. The summed E-state index contributed by atoms with van der Waals surface area (Å²) in [6.07, 6.45) is -0.948. The first-order valence-corrected chi connectivity index (χ1v) is 5.63. The van der Waals surface area contributed by atoms with E-state index in [1.807, 2.05) is 0 Å². The van der Waals surface area contributed by atoms with Crippen molar-refractivity contribution < 1.29 is 27.9 Å². The van der Waals surface area contributed by atoms with Gasteiger partial charge in [-0.15, -0.1) is 0 Å².